The molecule has 0 saturated carbocycles. The van der Waals surface area contributed by atoms with E-state index in [0.29, 0.717) is 31.0 Å². The number of aromatic nitrogens is 1. The Hall–Kier alpha value is -5.53. The number of carbonyl (C=O) groups is 4. The van der Waals surface area contributed by atoms with Gasteiger partial charge in [-0.15, -0.1) is 11.3 Å². The average Bonchev–Trinajstić information content (AvgIpc) is 3.73. The summed E-state index contributed by atoms with van der Waals surface area (Å²) in [6, 6.07) is 22.7. The summed E-state index contributed by atoms with van der Waals surface area (Å²) in [6.45, 7) is 10.2. The first-order chi connectivity index (χ1) is 27.8. The van der Waals surface area contributed by atoms with Crippen LogP contribution in [0.15, 0.2) is 66.7 Å². The first-order valence-corrected chi connectivity index (χ1v) is 21.1. The average molecular weight is 783 g/mol. The van der Waals surface area contributed by atoms with Crippen LogP contribution < -0.4 is 25.8 Å². The summed E-state index contributed by atoms with van der Waals surface area (Å²) in [5.41, 5.74) is 7.86. The minimum Gasteiger partial charge on any atom is -0.381 e. The van der Waals surface area contributed by atoms with Crippen molar-refractivity contribution < 1.29 is 19.2 Å². The van der Waals surface area contributed by atoms with E-state index in [9.17, 15) is 19.2 Å². The Balaban J connectivity index is 0.743. The van der Waals surface area contributed by atoms with Crippen LogP contribution in [0.3, 0.4) is 0 Å². The van der Waals surface area contributed by atoms with E-state index in [0.717, 1.165) is 113 Å². The number of pyridine rings is 1. The van der Waals surface area contributed by atoms with Crippen molar-refractivity contribution in [2.24, 2.45) is 5.92 Å². The summed E-state index contributed by atoms with van der Waals surface area (Å²) >= 11 is 1.53. The summed E-state index contributed by atoms with van der Waals surface area (Å²) in [6.07, 6.45) is 2.95. The van der Waals surface area contributed by atoms with Crippen LogP contribution in [0.2, 0.25) is 0 Å². The van der Waals surface area contributed by atoms with Gasteiger partial charge in [0.2, 0.25) is 11.8 Å². The first kappa shape index (κ1) is 35.9. The van der Waals surface area contributed by atoms with Crippen LogP contribution in [0.1, 0.15) is 58.2 Å². The van der Waals surface area contributed by atoms with Gasteiger partial charge in [-0.05, 0) is 92.3 Å². The standard InChI is InChI=1S/C44H46N8O4S/c1-26-23-45-40-39-33-7-8-34(47-35(33)9-11-37(39)57-41(40)43(55)46-26)28-3-2-4-30(21-28)50-15-13-27(14-16-50)24-49-17-19-51(20-18-49)31-5-6-32-29(22-31)25-52(44(32)56)36-10-12-38(53)48-42(36)54/h2-9,11,21-22,26-27,36,45H,10,12-20,23-25H2,1H3,(H,46,55)(H,48,53,54)/t26-,36?/m1/s1. The Morgan fingerprint density at radius 1 is 0.842 bits per heavy atom. The predicted molar refractivity (Wildman–Crippen MR) is 224 cm³/mol. The summed E-state index contributed by atoms with van der Waals surface area (Å²) < 4.78 is 1.09. The third-order valence-corrected chi connectivity index (χ3v) is 13.7. The minimum absolute atomic E-state index is 0.0161. The summed E-state index contributed by atoms with van der Waals surface area (Å²) in [7, 11) is 0. The molecule has 12 nitrogen and oxygen atoms in total. The number of piperazine rings is 1. The third kappa shape index (κ3) is 6.66. The highest BCUT2D eigenvalue weighted by molar-refractivity contribution is 7.21. The van der Waals surface area contributed by atoms with Crippen molar-refractivity contribution in [3.8, 4) is 11.3 Å². The molecular weight excluding hydrogens is 737 g/mol. The van der Waals surface area contributed by atoms with Crippen LogP contribution >= 0.6 is 11.3 Å². The van der Waals surface area contributed by atoms with Crippen LogP contribution in [0.5, 0.6) is 0 Å². The molecule has 13 heteroatoms. The molecule has 10 rings (SSSR count). The molecule has 5 aromatic rings. The van der Waals surface area contributed by atoms with Gasteiger partial charge in [0, 0.05) is 109 Å². The fourth-order valence-corrected chi connectivity index (χ4v) is 10.5. The molecule has 3 saturated heterocycles. The fraction of sp³-hybridized carbons (Fsp3) is 0.386. The molecule has 3 aromatic carbocycles. The maximum atomic E-state index is 13.2. The number of thiophene rings is 1. The third-order valence-electron chi connectivity index (χ3n) is 12.6. The zero-order valence-corrected chi connectivity index (χ0v) is 32.9. The fourth-order valence-electron chi connectivity index (χ4n) is 9.43. The van der Waals surface area contributed by atoms with E-state index >= 15 is 0 Å². The number of fused-ring (bicyclic) bond motifs is 6. The van der Waals surface area contributed by atoms with Gasteiger partial charge in [-0.1, -0.05) is 12.1 Å². The molecule has 3 fully saturated rings. The quantitative estimate of drug-likeness (QED) is 0.193. The molecule has 2 atom stereocenters. The predicted octanol–water partition coefficient (Wildman–Crippen LogP) is 5.46. The van der Waals surface area contributed by atoms with Crippen molar-refractivity contribution in [1.82, 2.24) is 25.4 Å². The van der Waals surface area contributed by atoms with Gasteiger partial charge in [-0.3, -0.25) is 29.4 Å². The zero-order valence-electron chi connectivity index (χ0n) is 32.1. The second-order valence-electron chi connectivity index (χ2n) is 16.3. The molecule has 5 aliphatic rings. The molecule has 7 heterocycles. The van der Waals surface area contributed by atoms with Crippen molar-refractivity contribution in [3.05, 3.63) is 82.7 Å². The monoisotopic (exact) mass is 782 g/mol. The maximum Gasteiger partial charge on any atom is 0.263 e. The molecule has 57 heavy (non-hydrogen) atoms. The molecular formula is C44H46N8O4S. The number of carbonyl (C=O) groups excluding carboxylic acids is 4. The van der Waals surface area contributed by atoms with E-state index in [1.165, 1.54) is 17.0 Å². The molecule has 4 amide bonds. The Morgan fingerprint density at radius 2 is 1.65 bits per heavy atom. The van der Waals surface area contributed by atoms with Gasteiger partial charge in [0.05, 0.1) is 16.9 Å². The number of nitrogens with zero attached hydrogens (tertiary/aromatic N) is 5. The highest BCUT2D eigenvalue weighted by atomic mass is 32.1. The minimum atomic E-state index is -0.593. The van der Waals surface area contributed by atoms with Crippen molar-refractivity contribution in [3.63, 3.8) is 0 Å². The second kappa shape index (κ2) is 14.4. The lowest BCUT2D eigenvalue weighted by Crippen LogP contribution is -2.52. The number of nitrogens with one attached hydrogen (secondary N) is 3. The Morgan fingerprint density at radius 3 is 2.47 bits per heavy atom. The number of benzene rings is 3. The molecule has 0 bridgehead atoms. The van der Waals surface area contributed by atoms with Gasteiger partial charge >= 0.3 is 0 Å². The van der Waals surface area contributed by atoms with Crippen LogP contribution in [0, 0.1) is 5.92 Å². The molecule has 5 aliphatic heterocycles. The first-order valence-electron chi connectivity index (χ1n) is 20.3. The molecule has 1 unspecified atom stereocenters. The lowest BCUT2D eigenvalue weighted by Gasteiger charge is -2.40. The van der Waals surface area contributed by atoms with Gasteiger partial charge < -0.3 is 25.3 Å². The second-order valence-corrected chi connectivity index (χ2v) is 17.3. The van der Waals surface area contributed by atoms with E-state index < -0.39 is 6.04 Å². The van der Waals surface area contributed by atoms with Crippen LogP contribution in [-0.4, -0.2) is 103 Å². The van der Waals surface area contributed by atoms with Crippen molar-refractivity contribution in [1.29, 1.82) is 0 Å². The highest BCUT2D eigenvalue weighted by Gasteiger charge is 2.39. The van der Waals surface area contributed by atoms with E-state index in [2.05, 4.69) is 85.2 Å². The SMILES string of the molecule is C[C@@H]1CNc2c(sc3ccc4nc(-c5cccc(N6CCC(CN7CCN(c8ccc9c(c8)CN(C8CCC(=O)NC8=O)C9=O)CC7)CC6)c5)ccc4c23)C(=O)N1. The van der Waals surface area contributed by atoms with Gasteiger partial charge in [0.25, 0.3) is 11.8 Å². The number of hydrogen-bond acceptors (Lipinski definition) is 10. The molecule has 3 N–H and O–H groups in total. The van der Waals surface area contributed by atoms with Crippen LogP contribution in [0.4, 0.5) is 17.1 Å². The lowest BCUT2D eigenvalue weighted by molar-refractivity contribution is -0.136. The largest absolute Gasteiger partial charge is 0.381 e. The molecule has 292 valence electrons. The van der Waals surface area contributed by atoms with E-state index in [-0.39, 0.29) is 36.1 Å². The van der Waals surface area contributed by atoms with E-state index in [1.54, 1.807) is 4.90 Å². The Labute approximate surface area is 335 Å². The number of piperidine rings is 2. The number of anilines is 3. The number of rotatable bonds is 6. The van der Waals surface area contributed by atoms with Crippen LogP contribution in [-0.2, 0) is 16.1 Å². The van der Waals surface area contributed by atoms with Crippen molar-refractivity contribution in [2.45, 2.75) is 51.2 Å². The Kier molecular flexibility index (Phi) is 9.09. The molecule has 0 aliphatic carbocycles. The van der Waals surface area contributed by atoms with Gasteiger partial charge in [-0.2, -0.15) is 0 Å². The van der Waals surface area contributed by atoms with E-state index in [4.69, 9.17) is 4.98 Å². The normalized spacial score (nSPS) is 22.0. The highest BCUT2D eigenvalue weighted by Crippen LogP contribution is 2.41. The summed E-state index contributed by atoms with van der Waals surface area (Å²) in [4.78, 5) is 65.2. The van der Waals surface area contributed by atoms with E-state index in [1.807, 2.05) is 19.1 Å². The van der Waals surface area contributed by atoms with Crippen molar-refractivity contribution in [2.75, 3.05) is 67.5 Å². The molecule has 2 aromatic heterocycles. The smallest absolute Gasteiger partial charge is 0.263 e. The lowest BCUT2D eigenvalue weighted by atomic mass is 9.95. The topological polar surface area (TPSA) is 130 Å². The molecule has 0 spiro atoms. The van der Waals surface area contributed by atoms with Crippen LogP contribution in [0.25, 0.3) is 32.2 Å². The summed E-state index contributed by atoms with van der Waals surface area (Å²) in [5.74, 6) is -0.129. The number of amides is 4. The van der Waals surface area contributed by atoms with Gasteiger partial charge in [0.15, 0.2) is 0 Å². The summed E-state index contributed by atoms with van der Waals surface area (Å²) in [5, 5.41) is 11.1. The number of imide groups is 1. The van der Waals surface area contributed by atoms with Gasteiger partial charge in [-0.25, -0.2) is 4.98 Å². The Bertz CT molecular complexity index is 2450. The number of hydrogen-bond donors (Lipinski definition) is 3. The zero-order chi connectivity index (χ0) is 38.8. The van der Waals surface area contributed by atoms with Crippen molar-refractivity contribution >= 4 is 73.0 Å². The maximum absolute atomic E-state index is 13.2. The van der Waals surface area contributed by atoms with Gasteiger partial charge in [0.1, 0.15) is 10.9 Å². The molecule has 0 radical (unpaired) electrons.